The molecule has 0 N–H and O–H groups in total. The normalized spacial score (nSPS) is 12.1. The van der Waals surface area contributed by atoms with E-state index in [0.717, 1.165) is 85.7 Å². The van der Waals surface area contributed by atoms with Crippen LogP contribution in [0, 0.1) is 11.3 Å². The number of imidazole rings is 1. The van der Waals surface area contributed by atoms with Gasteiger partial charge in [-0.2, -0.15) is 5.26 Å². The lowest BCUT2D eigenvalue weighted by atomic mass is 9.77. The van der Waals surface area contributed by atoms with E-state index in [0.29, 0.717) is 11.0 Å². The van der Waals surface area contributed by atoms with Gasteiger partial charge in [-0.1, -0.05) is 168 Å². The zero-order valence-electron chi connectivity index (χ0n) is 32.2. The highest BCUT2D eigenvalue weighted by Crippen LogP contribution is 2.52. The molecule has 1 aromatic heterocycles. The van der Waals surface area contributed by atoms with Crippen LogP contribution in [0.15, 0.2) is 134 Å². The molecule has 6 nitrogen and oxygen atoms in total. The molecule has 0 saturated carbocycles. The Bertz CT molecular complexity index is 1880. The molecule has 0 aliphatic rings. The van der Waals surface area contributed by atoms with Crippen LogP contribution in [0.2, 0.25) is 0 Å². The van der Waals surface area contributed by atoms with Crippen LogP contribution < -0.4 is 0 Å². The monoisotopic (exact) mass is 738 g/mol. The van der Waals surface area contributed by atoms with Crippen LogP contribution in [0.4, 0.5) is 0 Å². The molecule has 0 aliphatic carbocycles. The Labute approximate surface area is 322 Å². The van der Waals surface area contributed by atoms with E-state index in [9.17, 15) is 10.1 Å². The first kappa shape index (κ1) is 40.2. The average Bonchev–Trinajstić information content (AvgIpc) is 3.70. The summed E-state index contributed by atoms with van der Waals surface area (Å²) in [6.07, 6.45) is 13.5. The maximum absolute atomic E-state index is 15.2. The van der Waals surface area contributed by atoms with Gasteiger partial charge in [0.1, 0.15) is 17.6 Å². The van der Waals surface area contributed by atoms with Gasteiger partial charge in [0, 0.05) is 19.2 Å². The van der Waals surface area contributed by atoms with Crippen LogP contribution in [0.1, 0.15) is 87.2 Å². The van der Waals surface area contributed by atoms with Gasteiger partial charge in [0.15, 0.2) is 5.78 Å². The number of unbranched alkanes of at least 4 members (excludes halogenated alkanes) is 3. The van der Waals surface area contributed by atoms with Crippen molar-refractivity contribution < 1.29 is 9.59 Å². The second kappa shape index (κ2) is 19.9. The highest BCUT2D eigenvalue weighted by atomic mass is 31.2. The van der Waals surface area contributed by atoms with Crippen molar-refractivity contribution in [1.82, 2.24) is 14.5 Å². The molecule has 0 aliphatic heterocycles. The summed E-state index contributed by atoms with van der Waals surface area (Å²) >= 11 is 0. The lowest BCUT2D eigenvalue weighted by Crippen LogP contribution is -2.45. The average molecular weight is 739 g/mol. The van der Waals surface area contributed by atoms with Crippen LogP contribution in [0.3, 0.4) is 0 Å². The molecule has 1 amide bonds. The summed E-state index contributed by atoms with van der Waals surface area (Å²) < 4.78 is 2.14. The highest BCUT2D eigenvalue weighted by molar-refractivity contribution is 7.78. The van der Waals surface area contributed by atoms with Crippen LogP contribution in [-0.4, -0.2) is 56.5 Å². The minimum atomic E-state index is -2.11. The molecule has 0 spiro atoms. The quantitative estimate of drug-likeness (QED) is 0.0427. The van der Waals surface area contributed by atoms with E-state index in [1.807, 2.05) is 61.1 Å². The Morgan fingerprint density at radius 3 is 1.61 bits per heavy atom. The first-order valence-electron chi connectivity index (χ1n) is 19.6. The molecule has 1 heterocycles. The predicted molar refractivity (Wildman–Crippen MR) is 224 cm³/mol. The standard InChI is InChI=1S/C47H55N4O2P/c1-4-7-30-54(31-8-5-2,32-9-6-3)45(34-48)46(53)44(50(38-52)35-39-22-14-10-15-23-39)33-43-36-51(37-49-43)47(40-24-16-11-17-25-40,41-26-18-12-19-27-41)42-28-20-13-21-29-42/h10-29,36-38,44H,4-9,30-33,35H2,1-3H3/t44-/m0/s1. The van der Waals surface area contributed by atoms with E-state index in [2.05, 4.69) is 104 Å². The lowest BCUT2D eigenvalue weighted by molar-refractivity contribution is -0.128. The number of aromatic nitrogens is 2. The molecule has 0 bridgehead atoms. The summed E-state index contributed by atoms with van der Waals surface area (Å²) in [5.74, 6) is -0.216. The Morgan fingerprint density at radius 2 is 1.20 bits per heavy atom. The zero-order valence-corrected chi connectivity index (χ0v) is 33.1. The Morgan fingerprint density at radius 1 is 0.759 bits per heavy atom. The number of rotatable bonds is 21. The number of hydrogen-bond acceptors (Lipinski definition) is 4. The molecular weight excluding hydrogens is 684 g/mol. The van der Waals surface area contributed by atoms with E-state index < -0.39 is 18.5 Å². The van der Waals surface area contributed by atoms with Crippen molar-refractivity contribution in [2.45, 2.75) is 83.8 Å². The third-order valence-electron chi connectivity index (χ3n) is 10.7. The van der Waals surface area contributed by atoms with Gasteiger partial charge in [-0.25, -0.2) is 4.98 Å². The van der Waals surface area contributed by atoms with Crippen LogP contribution in [0.25, 0.3) is 0 Å². The number of ketones is 1. The second-order valence-electron chi connectivity index (χ2n) is 14.3. The summed E-state index contributed by atoms with van der Waals surface area (Å²) in [4.78, 5) is 34.9. The molecule has 0 saturated heterocycles. The number of nitriles is 1. The van der Waals surface area contributed by atoms with Crippen molar-refractivity contribution in [3.8, 4) is 6.07 Å². The largest absolute Gasteiger partial charge is 0.330 e. The van der Waals surface area contributed by atoms with Crippen molar-refractivity contribution in [3.05, 3.63) is 162 Å². The number of carbonyl (C=O) groups is 2. The first-order chi connectivity index (χ1) is 26.5. The lowest BCUT2D eigenvalue weighted by Gasteiger charge is -2.37. The van der Waals surface area contributed by atoms with E-state index in [1.54, 1.807) is 4.90 Å². The third kappa shape index (κ3) is 9.03. The summed E-state index contributed by atoms with van der Waals surface area (Å²) in [6.45, 7) is 4.68. The maximum atomic E-state index is 15.2. The zero-order chi connectivity index (χ0) is 38.2. The van der Waals surface area contributed by atoms with E-state index in [1.165, 1.54) is 0 Å². The molecule has 0 unspecified atom stereocenters. The highest BCUT2D eigenvalue weighted by Gasteiger charge is 2.39. The molecule has 54 heavy (non-hydrogen) atoms. The van der Waals surface area contributed by atoms with Gasteiger partial charge >= 0.3 is 0 Å². The smallest absolute Gasteiger partial charge is 0.210 e. The minimum Gasteiger partial charge on any atom is -0.330 e. The SMILES string of the molecule is CCCCP(CCCC)(CCCC)=C(C#N)C(=O)[C@H](Cc1cn(C(c2ccccc2)(c2ccccc2)c2ccccc2)cn1)N(C=O)Cc1ccccc1. The molecule has 5 rings (SSSR count). The molecule has 0 fully saturated rings. The van der Waals surface area contributed by atoms with Crippen molar-refractivity contribution in [2.75, 3.05) is 18.5 Å². The Kier molecular flexibility index (Phi) is 14.8. The maximum Gasteiger partial charge on any atom is 0.210 e. The van der Waals surface area contributed by atoms with Gasteiger partial charge < -0.3 is 9.47 Å². The number of hydrogen-bond donors (Lipinski definition) is 0. The fraction of sp³-hybridized carbons (Fsp3) is 0.340. The first-order valence-corrected chi connectivity index (χ1v) is 21.9. The molecule has 280 valence electrons. The Balaban J connectivity index is 1.69. The fourth-order valence-corrected chi connectivity index (χ4v) is 12.8. The topological polar surface area (TPSA) is 79.0 Å². The van der Waals surface area contributed by atoms with Gasteiger partial charge in [-0.05, 0) is 60.0 Å². The van der Waals surface area contributed by atoms with Gasteiger partial charge in [0.25, 0.3) is 0 Å². The minimum absolute atomic E-state index is 0.187. The summed E-state index contributed by atoms with van der Waals surface area (Å²) in [5, 5.41) is 11.4. The molecular formula is C47H55N4O2P. The number of nitrogens with zero attached hydrogens (tertiary/aromatic N) is 4. The van der Waals surface area contributed by atoms with E-state index in [4.69, 9.17) is 4.98 Å². The van der Waals surface area contributed by atoms with Gasteiger partial charge in [-0.15, -0.1) is 0 Å². The second-order valence-corrected chi connectivity index (χ2v) is 18.3. The van der Waals surface area contributed by atoms with Crippen molar-refractivity contribution in [1.29, 1.82) is 5.26 Å². The number of benzene rings is 4. The van der Waals surface area contributed by atoms with Gasteiger partial charge in [0.05, 0.1) is 17.3 Å². The summed E-state index contributed by atoms with van der Waals surface area (Å²) in [6, 6.07) is 42.6. The van der Waals surface area contributed by atoms with Crippen LogP contribution in [-0.2, 0) is 28.1 Å². The summed E-state index contributed by atoms with van der Waals surface area (Å²) in [7, 11) is 0. The number of Topliss-reactive ketones (excluding diaryl/α,β-unsaturated/α-hetero) is 1. The van der Waals surface area contributed by atoms with Crippen LogP contribution >= 0.6 is 6.89 Å². The van der Waals surface area contributed by atoms with Gasteiger partial charge in [0.2, 0.25) is 6.41 Å². The van der Waals surface area contributed by atoms with E-state index >= 15 is 4.79 Å². The third-order valence-corrected chi connectivity index (χ3v) is 15.5. The predicted octanol–water partition coefficient (Wildman–Crippen LogP) is 9.98. The molecule has 7 heteroatoms. The van der Waals surface area contributed by atoms with Crippen molar-refractivity contribution >= 4 is 24.4 Å². The van der Waals surface area contributed by atoms with E-state index in [-0.39, 0.29) is 18.7 Å². The molecule has 5 aromatic rings. The van der Waals surface area contributed by atoms with Crippen molar-refractivity contribution in [3.63, 3.8) is 0 Å². The van der Waals surface area contributed by atoms with Crippen molar-refractivity contribution in [2.24, 2.45) is 0 Å². The Hall–Kier alpha value is -4.98. The number of amides is 1. The number of carbonyl (C=O) groups excluding carboxylic acids is 2. The summed E-state index contributed by atoms with van der Waals surface area (Å²) in [5.41, 5.74) is 4.03. The van der Waals surface area contributed by atoms with Gasteiger partial charge in [-0.3, -0.25) is 9.59 Å². The fourth-order valence-electron chi connectivity index (χ4n) is 7.82. The molecule has 4 aromatic carbocycles. The molecule has 0 radical (unpaired) electrons. The molecule has 1 atom stereocenters. The van der Waals surface area contributed by atoms with Crippen LogP contribution in [0.5, 0.6) is 0 Å².